The van der Waals surface area contributed by atoms with Crippen molar-refractivity contribution in [2.75, 3.05) is 0 Å². The van der Waals surface area contributed by atoms with Gasteiger partial charge in [-0.3, -0.25) is 4.98 Å². The normalized spacial score (nSPS) is 11.2. The second kappa shape index (κ2) is 3.85. The van der Waals surface area contributed by atoms with Gasteiger partial charge in [-0.2, -0.15) is 0 Å². The molecule has 0 unspecified atom stereocenters. The van der Waals surface area contributed by atoms with Crippen LogP contribution in [-0.2, 0) is 6.42 Å². The largest absolute Gasteiger partial charge is 0.255 e. The lowest BCUT2D eigenvalue weighted by Crippen LogP contribution is -1.92. The number of hydrogen-bond donors (Lipinski definition) is 0. The summed E-state index contributed by atoms with van der Waals surface area (Å²) >= 11 is 0. The average molecular weight is 221 g/mol. The molecule has 0 aliphatic heterocycles. The van der Waals surface area contributed by atoms with E-state index in [-0.39, 0.29) is 0 Å². The molecule has 1 nitrogen and oxygen atoms in total. The molecule has 0 amide bonds. The standard InChI is InChI=1S/C16H15N/c1-3-12-10-17-16-14(11(12)2)9-8-13-6-4-5-7-15(13)16/h4-10H,3H2,1-2H3. The predicted octanol–water partition coefficient (Wildman–Crippen LogP) is 4.26. The molecule has 0 radical (unpaired) electrons. The van der Waals surface area contributed by atoms with Crippen LogP contribution in [0, 0.1) is 6.92 Å². The Hall–Kier alpha value is -1.89. The van der Waals surface area contributed by atoms with Gasteiger partial charge in [0.25, 0.3) is 0 Å². The highest BCUT2D eigenvalue weighted by Crippen LogP contribution is 2.27. The lowest BCUT2D eigenvalue weighted by molar-refractivity contribution is 1.09. The summed E-state index contributed by atoms with van der Waals surface area (Å²) in [5, 5.41) is 3.79. The second-order valence-electron chi connectivity index (χ2n) is 4.44. The number of hydrogen-bond acceptors (Lipinski definition) is 1. The molecular formula is C16H15N. The van der Waals surface area contributed by atoms with Crippen molar-refractivity contribution < 1.29 is 0 Å². The molecule has 2 aromatic carbocycles. The van der Waals surface area contributed by atoms with Gasteiger partial charge >= 0.3 is 0 Å². The van der Waals surface area contributed by atoms with E-state index in [4.69, 9.17) is 0 Å². The third kappa shape index (κ3) is 1.50. The average Bonchev–Trinajstić information content (AvgIpc) is 2.39. The van der Waals surface area contributed by atoms with Gasteiger partial charge < -0.3 is 0 Å². The van der Waals surface area contributed by atoms with E-state index in [2.05, 4.69) is 55.2 Å². The van der Waals surface area contributed by atoms with Gasteiger partial charge in [-0.15, -0.1) is 0 Å². The molecule has 0 spiro atoms. The maximum Gasteiger partial charge on any atom is 0.0783 e. The van der Waals surface area contributed by atoms with Gasteiger partial charge in [-0.05, 0) is 29.9 Å². The SMILES string of the molecule is CCc1cnc2c(ccc3ccccc32)c1C. The van der Waals surface area contributed by atoms with E-state index >= 15 is 0 Å². The van der Waals surface area contributed by atoms with E-state index in [1.54, 1.807) is 0 Å². The Bertz CT molecular complexity index is 698. The van der Waals surface area contributed by atoms with Gasteiger partial charge in [0.1, 0.15) is 0 Å². The van der Waals surface area contributed by atoms with E-state index in [1.165, 1.54) is 27.3 Å². The van der Waals surface area contributed by atoms with E-state index in [9.17, 15) is 0 Å². The maximum atomic E-state index is 4.64. The van der Waals surface area contributed by atoms with Gasteiger partial charge in [0.05, 0.1) is 5.52 Å². The van der Waals surface area contributed by atoms with Crippen LogP contribution in [0.25, 0.3) is 21.7 Å². The first kappa shape index (κ1) is 10.3. The van der Waals surface area contributed by atoms with Crippen LogP contribution in [0.3, 0.4) is 0 Å². The molecule has 1 heteroatoms. The fourth-order valence-electron chi connectivity index (χ4n) is 2.47. The molecule has 0 aliphatic rings. The summed E-state index contributed by atoms with van der Waals surface area (Å²) in [6.45, 7) is 4.37. The summed E-state index contributed by atoms with van der Waals surface area (Å²) in [7, 11) is 0. The maximum absolute atomic E-state index is 4.64. The number of benzene rings is 2. The molecule has 3 rings (SSSR count). The van der Waals surface area contributed by atoms with Crippen molar-refractivity contribution in [3.8, 4) is 0 Å². The van der Waals surface area contributed by atoms with Crippen LogP contribution in [0.2, 0.25) is 0 Å². The molecule has 84 valence electrons. The van der Waals surface area contributed by atoms with E-state index < -0.39 is 0 Å². The summed E-state index contributed by atoms with van der Waals surface area (Å²) in [6.07, 6.45) is 3.06. The van der Waals surface area contributed by atoms with Gasteiger partial charge in [-0.1, -0.05) is 43.3 Å². The van der Waals surface area contributed by atoms with E-state index in [1.807, 2.05) is 6.20 Å². The van der Waals surface area contributed by atoms with Crippen LogP contribution in [0.4, 0.5) is 0 Å². The van der Waals surface area contributed by atoms with Crippen molar-refractivity contribution in [2.24, 2.45) is 0 Å². The lowest BCUT2D eigenvalue weighted by Gasteiger charge is -2.09. The smallest absolute Gasteiger partial charge is 0.0783 e. The van der Waals surface area contributed by atoms with Crippen molar-refractivity contribution in [3.63, 3.8) is 0 Å². The molecule has 0 fully saturated rings. The number of rotatable bonds is 1. The first-order valence-corrected chi connectivity index (χ1v) is 6.07. The molecule has 0 atom stereocenters. The second-order valence-corrected chi connectivity index (χ2v) is 4.44. The van der Waals surface area contributed by atoms with Crippen LogP contribution in [0.15, 0.2) is 42.6 Å². The molecule has 0 bridgehead atoms. The Morgan fingerprint density at radius 2 is 1.82 bits per heavy atom. The number of nitrogens with zero attached hydrogens (tertiary/aromatic N) is 1. The van der Waals surface area contributed by atoms with Gasteiger partial charge in [0, 0.05) is 17.0 Å². The minimum Gasteiger partial charge on any atom is -0.255 e. The molecule has 1 aromatic heterocycles. The van der Waals surface area contributed by atoms with Crippen molar-refractivity contribution in [2.45, 2.75) is 20.3 Å². The molecule has 3 aromatic rings. The molecule has 1 heterocycles. The van der Waals surface area contributed by atoms with Gasteiger partial charge in [0.2, 0.25) is 0 Å². The number of aromatic nitrogens is 1. The number of pyridine rings is 1. The zero-order valence-electron chi connectivity index (χ0n) is 10.2. The Morgan fingerprint density at radius 1 is 1.00 bits per heavy atom. The molecular weight excluding hydrogens is 206 g/mol. The fraction of sp³-hybridized carbons (Fsp3) is 0.188. The number of fused-ring (bicyclic) bond motifs is 3. The highest BCUT2D eigenvalue weighted by atomic mass is 14.7. The lowest BCUT2D eigenvalue weighted by atomic mass is 9.99. The zero-order chi connectivity index (χ0) is 11.8. The third-order valence-electron chi connectivity index (χ3n) is 3.52. The number of aryl methyl sites for hydroxylation is 2. The molecule has 0 aliphatic carbocycles. The quantitative estimate of drug-likeness (QED) is 0.559. The summed E-state index contributed by atoms with van der Waals surface area (Å²) in [5.41, 5.74) is 3.83. The molecule has 0 saturated carbocycles. The van der Waals surface area contributed by atoms with Gasteiger partial charge in [-0.25, -0.2) is 0 Å². The first-order chi connectivity index (χ1) is 8.31. The summed E-state index contributed by atoms with van der Waals surface area (Å²) in [5.74, 6) is 0. The Balaban J connectivity index is 2.49. The minimum atomic E-state index is 1.04. The molecule has 0 N–H and O–H groups in total. The fourth-order valence-corrected chi connectivity index (χ4v) is 2.47. The van der Waals surface area contributed by atoms with Crippen molar-refractivity contribution in [1.82, 2.24) is 4.98 Å². The Kier molecular flexibility index (Phi) is 2.32. The van der Waals surface area contributed by atoms with Crippen molar-refractivity contribution >= 4 is 21.7 Å². The molecule has 0 saturated heterocycles. The Morgan fingerprint density at radius 3 is 2.65 bits per heavy atom. The van der Waals surface area contributed by atoms with Crippen LogP contribution < -0.4 is 0 Å². The van der Waals surface area contributed by atoms with Crippen LogP contribution in [0.5, 0.6) is 0 Å². The highest BCUT2D eigenvalue weighted by molar-refractivity contribution is 6.06. The highest BCUT2D eigenvalue weighted by Gasteiger charge is 2.06. The van der Waals surface area contributed by atoms with Crippen LogP contribution in [-0.4, -0.2) is 4.98 Å². The van der Waals surface area contributed by atoms with Crippen LogP contribution in [0.1, 0.15) is 18.1 Å². The predicted molar refractivity (Wildman–Crippen MR) is 73.4 cm³/mol. The van der Waals surface area contributed by atoms with E-state index in [0.29, 0.717) is 0 Å². The summed E-state index contributed by atoms with van der Waals surface area (Å²) in [6, 6.07) is 12.8. The topological polar surface area (TPSA) is 12.9 Å². The van der Waals surface area contributed by atoms with Crippen molar-refractivity contribution in [3.05, 3.63) is 53.7 Å². The van der Waals surface area contributed by atoms with E-state index in [0.717, 1.165) is 11.9 Å². The zero-order valence-corrected chi connectivity index (χ0v) is 10.2. The minimum absolute atomic E-state index is 1.04. The third-order valence-corrected chi connectivity index (χ3v) is 3.52. The van der Waals surface area contributed by atoms with Gasteiger partial charge in [0.15, 0.2) is 0 Å². The molecule has 17 heavy (non-hydrogen) atoms. The van der Waals surface area contributed by atoms with Crippen LogP contribution >= 0.6 is 0 Å². The summed E-state index contributed by atoms with van der Waals surface area (Å²) < 4.78 is 0. The van der Waals surface area contributed by atoms with Crippen molar-refractivity contribution in [1.29, 1.82) is 0 Å². The Labute approximate surface area is 101 Å². The summed E-state index contributed by atoms with van der Waals surface area (Å²) in [4.78, 5) is 4.64. The first-order valence-electron chi connectivity index (χ1n) is 6.07. The monoisotopic (exact) mass is 221 g/mol.